The molecule has 0 aliphatic heterocycles. The van der Waals surface area contributed by atoms with Gasteiger partial charge in [-0.2, -0.15) is 0 Å². The van der Waals surface area contributed by atoms with E-state index in [0.717, 1.165) is 8.71 Å². The fourth-order valence-corrected chi connectivity index (χ4v) is 2.46. The maximum Gasteiger partial charge on any atom is 0.350 e. The molecule has 0 aliphatic carbocycles. The van der Waals surface area contributed by atoms with E-state index >= 15 is 0 Å². The maximum absolute atomic E-state index is 11.2. The van der Waals surface area contributed by atoms with E-state index in [0.29, 0.717) is 11.5 Å². The molecule has 1 heterocycles. The minimum atomic E-state index is -0.268. The van der Waals surface area contributed by atoms with Crippen LogP contribution in [0.2, 0.25) is 0 Å². The van der Waals surface area contributed by atoms with Crippen LogP contribution < -0.4 is 0 Å². The van der Waals surface area contributed by atoms with E-state index in [1.807, 2.05) is 6.92 Å². The lowest BCUT2D eigenvalue weighted by molar-refractivity contribution is 0.0531. The zero-order valence-corrected chi connectivity index (χ0v) is 9.73. The predicted molar refractivity (Wildman–Crippen MR) is 55.5 cm³/mol. The Labute approximate surface area is 88.3 Å². The number of aryl methyl sites for hydroxylation is 1. The highest BCUT2D eigenvalue weighted by Gasteiger charge is 2.14. The molecule has 0 fully saturated rings. The third kappa shape index (κ3) is 2.16. The third-order valence-corrected chi connectivity index (χ3v) is 3.06. The number of nitrogens with zero attached hydrogens (tertiary/aromatic N) is 1. The average Bonchev–Trinajstić information content (AvgIpc) is 2.30. The van der Waals surface area contributed by atoms with Crippen molar-refractivity contribution in [2.24, 2.45) is 0 Å². The summed E-state index contributed by atoms with van der Waals surface area (Å²) < 4.78 is 5.72. The highest BCUT2D eigenvalue weighted by Crippen LogP contribution is 2.20. The molecule has 66 valence electrons. The second-order valence-corrected chi connectivity index (χ2v) is 4.85. The van der Waals surface area contributed by atoms with E-state index in [1.54, 1.807) is 6.92 Å². The van der Waals surface area contributed by atoms with Crippen LogP contribution in [0.15, 0.2) is 0 Å². The topological polar surface area (TPSA) is 39.2 Å². The van der Waals surface area contributed by atoms with Crippen molar-refractivity contribution in [1.82, 2.24) is 4.98 Å². The Balaban J connectivity index is 2.87. The molecule has 1 aromatic rings. The molecular weight excluding hydrogens is 289 g/mol. The minimum Gasteiger partial charge on any atom is -0.462 e. The molecular formula is C7H8INO2S. The largest absolute Gasteiger partial charge is 0.462 e. The van der Waals surface area contributed by atoms with Gasteiger partial charge in [0.2, 0.25) is 0 Å². The van der Waals surface area contributed by atoms with Crippen molar-refractivity contribution in [2.75, 3.05) is 6.61 Å². The van der Waals surface area contributed by atoms with Crippen molar-refractivity contribution < 1.29 is 9.53 Å². The van der Waals surface area contributed by atoms with Crippen molar-refractivity contribution in [3.8, 4) is 0 Å². The summed E-state index contributed by atoms with van der Waals surface area (Å²) >= 11 is 3.45. The lowest BCUT2D eigenvalue weighted by atomic mass is 10.4. The zero-order valence-electron chi connectivity index (χ0n) is 6.76. The summed E-state index contributed by atoms with van der Waals surface area (Å²) in [6.45, 7) is 4.01. The van der Waals surface area contributed by atoms with E-state index in [2.05, 4.69) is 27.6 Å². The predicted octanol–water partition coefficient (Wildman–Crippen LogP) is 2.23. The summed E-state index contributed by atoms with van der Waals surface area (Å²) in [5.74, 6) is -0.268. The molecule has 0 N–H and O–H groups in total. The van der Waals surface area contributed by atoms with Gasteiger partial charge in [0.15, 0.2) is 3.01 Å². The Hall–Kier alpha value is -0.170. The first kappa shape index (κ1) is 9.91. The number of carbonyl (C=O) groups is 1. The summed E-state index contributed by atoms with van der Waals surface area (Å²) in [4.78, 5) is 16.0. The van der Waals surface area contributed by atoms with Crippen molar-refractivity contribution in [3.05, 3.63) is 13.6 Å². The Morgan fingerprint density at radius 3 is 2.83 bits per heavy atom. The van der Waals surface area contributed by atoms with E-state index in [-0.39, 0.29) is 5.97 Å². The zero-order chi connectivity index (χ0) is 9.14. The molecule has 0 bridgehead atoms. The molecule has 0 spiro atoms. The molecule has 5 heteroatoms. The number of esters is 1. The first-order chi connectivity index (χ1) is 5.65. The lowest BCUT2D eigenvalue weighted by Crippen LogP contribution is -2.03. The van der Waals surface area contributed by atoms with Gasteiger partial charge in [-0.3, -0.25) is 0 Å². The maximum atomic E-state index is 11.2. The van der Waals surface area contributed by atoms with Crippen molar-refractivity contribution in [3.63, 3.8) is 0 Å². The van der Waals surface area contributed by atoms with E-state index in [9.17, 15) is 4.79 Å². The molecule has 0 saturated carbocycles. The number of rotatable bonds is 2. The standard InChI is InChI=1S/C7H8INO2S/c1-3-11-6(10)5-4(2)9-7(8)12-5/h3H2,1-2H3. The molecule has 0 aliphatic rings. The number of halogens is 1. The molecule has 0 unspecified atom stereocenters. The Morgan fingerprint density at radius 2 is 2.42 bits per heavy atom. The molecule has 0 atom stereocenters. The Bertz CT molecular complexity index is 298. The second-order valence-electron chi connectivity index (χ2n) is 2.10. The fraction of sp³-hybridized carbons (Fsp3) is 0.429. The van der Waals surface area contributed by atoms with Crippen LogP contribution >= 0.6 is 33.9 Å². The van der Waals surface area contributed by atoms with Crippen LogP contribution in [-0.4, -0.2) is 17.6 Å². The van der Waals surface area contributed by atoms with Crippen molar-refractivity contribution >= 4 is 39.9 Å². The molecule has 0 saturated heterocycles. The van der Waals surface area contributed by atoms with Gasteiger partial charge in [0.05, 0.1) is 12.3 Å². The summed E-state index contributed by atoms with van der Waals surface area (Å²) in [5.41, 5.74) is 0.753. The van der Waals surface area contributed by atoms with Gasteiger partial charge in [0.1, 0.15) is 4.88 Å². The monoisotopic (exact) mass is 297 g/mol. The normalized spacial score (nSPS) is 9.92. The highest BCUT2D eigenvalue weighted by atomic mass is 127. The minimum absolute atomic E-state index is 0.268. The molecule has 12 heavy (non-hydrogen) atoms. The number of hydrogen-bond donors (Lipinski definition) is 0. The third-order valence-electron chi connectivity index (χ3n) is 1.23. The van der Waals surface area contributed by atoms with Gasteiger partial charge in [-0.25, -0.2) is 9.78 Å². The summed E-state index contributed by atoms with van der Waals surface area (Å²) in [6, 6.07) is 0. The van der Waals surface area contributed by atoms with Gasteiger partial charge in [-0.1, -0.05) is 0 Å². The molecule has 1 aromatic heterocycles. The molecule has 0 aromatic carbocycles. The molecule has 1 rings (SSSR count). The molecule has 0 amide bonds. The van der Waals surface area contributed by atoms with E-state index < -0.39 is 0 Å². The second kappa shape index (κ2) is 4.18. The van der Waals surface area contributed by atoms with Crippen LogP contribution in [0.5, 0.6) is 0 Å². The van der Waals surface area contributed by atoms with Gasteiger partial charge in [0, 0.05) is 0 Å². The van der Waals surface area contributed by atoms with Crippen LogP contribution in [0.1, 0.15) is 22.3 Å². The molecule has 3 nitrogen and oxygen atoms in total. The van der Waals surface area contributed by atoms with Crippen LogP contribution in [0.3, 0.4) is 0 Å². The first-order valence-electron chi connectivity index (χ1n) is 3.45. The summed E-state index contributed by atoms with van der Waals surface area (Å²) in [6.07, 6.45) is 0. The summed E-state index contributed by atoms with van der Waals surface area (Å²) in [5, 5.41) is 0. The van der Waals surface area contributed by atoms with E-state index in [4.69, 9.17) is 4.74 Å². The fourth-order valence-electron chi connectivity index (χ4n) is 0.750. The Kier molecular flexibility index (Phi) is 3.45. The number of hydrogen-bond acceptors (Lipinski definition) is 4. The Morgan fingerprint density at radius 1 is 1.75 bits per heavy atom. The van der Waals surface area contributed by atoms with Gasteiger partial charge in [-0.05, 0) is 36.4 Å². The highest BCUT2D eigenvalue weighted by molar-refractivity contribution is 14.1. The van der Waals surface area contributed by atoms with Crippen molar-refractivity contribution in [2.45, 2.75) is 13.8 Å². The number of carbonyl (C=O) groups excluding carboxylic acids is 1. The molecule has 0 radical (unpaired) electrons. The van der Waals surface area contributed by atoms with E-state index in [1.165, 1.54) is 11.3 Å². The number of ether oxygens (including phenoxy) is 1. The lowest BCUT2D eigenvalue weighted by Gasteiger charge is -1.97. The SMILES string of the molecule is CCOC(=O)c1sc(I)nc1C. The number of thiazole rings is 1. The van der Waals surface area contributed by atoms with Gasteiger partial charge in [-0.15, -0.1) is 11.3 Å². The first-order valence-corrected chi connectivity index (χ1v) is 5.34. The summed E-state index contributed by atoms with van der Waals surface area (Å²) in [7, 11) is 0. The van der Waals surface area contributed by atoms with Crippen LogP contribution in [0.4, 0.5) is 0 Å². The van der Waals surface area contributed by atoms with Crippen molar-refractivity contribution in [1.29, 1.82) is 0 Å². The van der Waals surface area contributed by atoms with Gasteiger partial charge in [0.25, 0.3) is 0 Å². The van der Waals surface area contributed by atoms with Crippen LogP contribution in [-0.2, 0) is 4.74 Å². The van der Waals surface area contributed by atoms with Gasteiger partial charge < -0.3 is 4.74 Å². The number of aromatic nitrogens is 1. The average molecular weight is 297 g/mol. The van der Waals surface area contributed by atoms with Gasteiger partial charge >= 0.3 is 5.97 Å². The smallest absolute Gasteiger partial charge is 0.350 e. The quantitative estimate of drug-likeness (QED) is 0.621. The van der Waals surface area contributed by atoms with Crippen LogP contribution in [0.25, 0.3) is 0 Å². The van der Waals surface area contributed by atoms with Crippen LogP contribution in [0, 0.1) is 9.94 Å².